The Kier molecular flexibility index (Phi) is 3.61. The Morgan fingerprint density at radius 2 is 2.11 bits per heavy atom. The summed E-state index contributed by atoms with van der Waals surface area (Å²) in [6, 6.07) is 5.81. The van der Waals surface area contributed by atoms with Crippen molar-refractivity contribution in [3.63, 3.8) is 0 Å². The summed E-state index contributed by atoms with van der Waals surface area (Å²) in [5.41, 5.74) is 5.64. The smallest absolute Gasteiger partial charge is 0.387 e. The van der Waals surface area contributed by atoms with E-state index in [-0.39, 0.29) is 27.0 Å². The molecule has 1 aromatic heterocycles. The predicted octanol–water partition coefficient (Wildman–Crippen LogP) is 2.69. The van der Waals surface area contributed by atoms with Gasteiger partial charge < -0.3 is 15.6 Å². The zero-order valence-electron chi connectivity index (χ0n) is 9.34. The number of alkyl halides is 2. The van der Waals surface area contributed by atoms with E-state index >= 15 is 0 Å². The van der Waals surface area contributed by atoms with Gasteiger partial charge in [0, 0.05) is 5.56 Å². The maximum atomic E-state index is 12.3. The highest BCUT2D eigenvalue weighted by molar-refractivity contribution is 7.17. The van der Waals surface area contributed by atoms with E-state index in [0.29, 0.717) is 0 Å². The van der Waals surface area contributed by atoms with Crippen LogP contribution in [0.5, 0.6) is 5.75 Å². The van der Waals surface area contributed by atoms with E-state index < -0.39 is 12.6 Å². The molecule has 3 N–H and O–H groups in total. The number of carboxylic acid groups (broad SMARTS) is 1. The van der Waals surface area contributed by atoms with Gasteiger partial charge in [0.15, 0.2) is 5.13 Å². The van der Waals surface area contributed by atoms with Gasteiger partial charge in [0.2, 0.25) is 0 Å². The molecule has 5 nitrogen and oxygen atoms in total. The number of aromatic carboxylic acids is 1. The van der Waals surface area contributed by atoms with Crippen molar-refractivity contribution in [2.24, 2.45) is 0 Å². The van der Waals surface area contributed by atoms with Gasteiger partial charge in [0.05, 0.1) is 0 Å². The minimum atomic E-state index is -3.01. The molecule has 0 aliphatic heterocycles. The molecule has 0 unspecified atom stereocenters. The summed E-state index contributed by atoms with van der Waals surface area (Å²) in [6.45, 7) is -3.01. The van der Waals surface area contributed by atoms with Crippen LogP contribution in [-0.2, 0) is 0 Å². The maximum absolute atomic E-state index is 12.3. The molecule has 0 aliphatic carbocycles. The molecule has 0 radical (unpaired) electrons. The first-order chi connectivity index (χ1) is 8.99. The Labute approximate surface area is 110 Å². The fraction of sp³-hybridized carbons (Fsp3) is 0.0909. The number of hydrogen-bond donors (Lipinski definition) is 2. The molecule has 0 bridgehead atoms. The molecule has 0 saturated heterocycles. The quantitative estimate of drug-likeness (QED) is 0.902. The number of para-hydroxylation sites is 1. The molecular formula is C11H8F2N2O3S. The van der Waals surface area contributed by atoms with E-state index in [1.54, 1.807) is 6.07 Å². The third-order valence-corrected chi connectivity index (χ3v) is 3.07. The minimum Gasteiger partial charge on any atom is -0.477 e. The first-order valence-corrected chi connectivity index (χ1v) is 5.84. The van der Waals surface area contributed by atoms with Crippen molar-refractivity contribution in [2.75, 3.05) is 5.73 Å². The number of halogens is 2. The number of nitrogen functional groups attached to an aromatic ring is 1. The number of anilines is 1. The lowest BCUT2D eigenvalue weighted by molar-refractivity contribution is -0.0494. The second-order valence-electron chi connectivity index (χ2n) is 3.41. The molecule has 1 heterocycles. The maximum Gasteiger partial charge on any atom is 0.387 e. The van der Waals surface area contributed by atoms with E-state index in [2.05, 4.69) is 9.72 Å². The average Bonchev–Trinajstić information content (AvgIpc) is 2.71. The van der Waals surface area contributed by atoms with Crippen molar-refractivity contribution in [3.05, 3.63) is 29.1 Å². The zero-order valence-corrected chi connectivity index (χ0v) is 10.2. The summed E-state index contributed by atoms with van der Waals surface area (Å²) in [5, 5.41) is 9.08. The standard InChI is InChI=1S/C11H8F2N2O3S/c12-10(13)18-6-4-2-1-3-5(6)7-8(9(16)17)19-11(14)15-7/h1-4,10H,(H2,14,15)(H,16,17). The molecule has 0 spiro atoms. The van der Waals surface area contributed by atoms with E-state index in [0.717, 1.165) is 11.3 Å². The molecule has 0 fully saturated rings. The molecule has 0 amide bonds. The van der Waals surface area contributed by atoms with Gasteiger partial charge in [-0.05, 0) is 12.1 Å². The molecule has 0 atom stereocenters. The van der Waals surface area contributed by atoms with Crippen molar-refractivity contribution in [1.82, 2.24) is 4.98 Å². The van der Waals surface area contributed by atoms with Crippen LogP contribution in [0.25, 0.3) is 11.3 Å². The van der Waals surface area contributed by atoms with Crippen LogP contribution >= 0.6 is 11.3 Å². The number of carbonyl (C=O) groups is 1. The number of ether oxygens (including phenoxy) is 1. The van der Waals surface area contributed by atoms with Crippen molar-refractivity contribution in [2.45, 2.75) is 6.61 Å². The summed E-state index contributed by atoms with van der Waals surface area (Å²) < 4.78 is 28.9. The number of thiazole rings is 1. The van der Waals surface area contributed by atoms with Crippen LogP contribution in [0.3, 0.4) is 0 Å². The Morgan fingerprint density at radius 1 is 1.42 bits per heavy atom. The number of rotatable bonds is 4. The zero-order chi connectivity index (χ0) is 14.0. The van der Waals surface area contributed by atoms with Crippen LogP contribution in [-0.4, -0.2) is 22.7 Å². The van der Waals surface area contributed by atoms with Gasteiger partial charge in [-0.2, -0.15) is 8.78 Å². The molecule has 0 saturated carbocycles. The minimum absolute atomic E-state index is 0.0197. The molecule has 8 heteroatoms. The fourth-order valence-corrected chi connectivity index (χ4v) is 2.21. The Morgan fingerprint density at radius 3 is 2.74 bits per heavy atom. The van der Waals surface area contributed by atoms with Gasteiger partial charge in [-0.3, -0.25) is 0 Å². The number of nitrogens with two attached hydrogens (primary N) is 1. The molecule has 0 aliphatic rings. The average molecular weight is 286 g/mol. The van der Waals surface area contributed by atoms with Crippen LogP contribution in [0, 0.1) is 0 Å². The highest BCUT2D eigenvalue weighted by atomic mass is 32.1. The van der Waals surface area contributed by atoms with Crippen molar-refractivity contribution < 1.29 is 23.4 Å². The summed E-state index contributed by atoms with van der Waals surface area (Å²) in [5.74, 6) is -1.37. The first kappa shape index (κ1) is 13.2. The number of nitrogens with zero attached hydrogens (tertiary/aromatic N) is 1. The Hall–Kier alpha value is -2.22. The van der Waals surface area contributed by atoms with Crippen LogP contribution < -0.4 is 10.5 Å². The van der Waals surface area contributed by atoms with Gasteiger partial charge in [-0.25, -0.2) is 9.78 Å². The summed E-state index contributed by atoms with van der Waals surface area (Å²) >= 11 is 0.769. The highest BCUT2D eigenvalue weighted by Gasteiger charge is 2.21. The lowest BCUT2D eigenvalue weighted by atomic mass is 10.1. The van der Waals surface area contributed by atoms with Crippen molar-refractivity contribution >= 4 is 22.4 Å². The van der Waals surface area contributed by atoms with Gasteiger partial charge in [-0.15, -0.1) is 0 Å². The summed E-state index contributed by atoms with van der Waals surface area (Å²) in [7, 11) is 0. The van der Waals surface area contributed by atoms with E-state index in [1.165, 1.54) is 18.2 Å². The lowest BCUT2D eigenvalue weighted by Crippen LogP contribution is -2.04. The normalized spacial score (nSPS) is 10.7. The topological polar surface area (TPSA) is 85.4 Å². The molecule has 2 rings (SSSR count). The number of benzene rings is 1. The molecular weight excluding hydrogens is 278 g/mol. The van der Waals surface area contributed by atoms with Crippen LogP contribution in [0.1, 0.15) is 9.67 Å². The van der Waals surface area contributed by atoms with E-state index in [1.807, 2.05) is 0 Å². The van der Waals surface area contributed by atoms with Crippen LogP contribution in [0.2, 0.25) is 0 Å². The monoisotopic (exact) mass is 286 g/mol. The highest BCUT2D eigenvalue weighted by Crippen LogP contribution is 2.35. The third kappa shape index (κ3) is 2.79. The van der Waals surface area contributed by atoms with Gasteiger partial charge in [0.1, 0.15) is 16.3 Å². The number of aromatic nitrogens is 1. The van der Waals surface area contributed by atoms with E-state index in [4.69, 9.17) is 10.8 Å². The molecule has 100 valence electrons. The SMILES string of the molecule is Nc1nc(-c2ccccc2OC(F)F)c(C(=O)O)s1. The molecule has 19 heavy (non-hydrogen) atoms. The summed E-state index contributed by atoms with van der Waals surface area (Å²) in [6.07, 6.45) is 0. The second kappa shape index (κ2) is 5.19. The third-order valence-electron chi connectivity index (χ3n) is 2.20. The molecule has 2 aromatic rings. The number of hydrogen-bond acceptors (Lipinski definition) is 5. The Bertz CT molecular complexity index is 616. The summed E-state index contributed by atoms with van der Waals surface area (Å²) in [4.78, 5) is 14.8. The van der Waals surface area contributed by atoms with Gasteiger partial charge in [-0.1, -0.05) is 23.5 Å². The van der Waals surface area contributed by atoms with Crippen molar-refractivity contribution in [1.29, 1.82) is 0 Å². The second-order valence-corrected chi connectivity index (χ2v) is 4.44. The number of carboxylic acids is 1. The first-order valence-electron chi connectivity index (χ1n) is 5.03. The molecule has 1 aromatic carbocycles. The van der Waals surface area contributed by atoms with Crippen LogP contribution in [0.15, 0.2) is 24.3 Å². The van der Waals surface area contributed by atoms with E-state index in [9.17, 15) is 13.6 Å². The van der Waals surface area contributed by atoms with Gasteiger partial charge >= 0.3 is 12.6 Å². The Balaban J connectivity index is 2.55. The fourth-order valence-electron chi connectivity index (χ4n) is 1.53. The van der Waals surface area contributed by atoms with Gasteiger partial charge in [0.25, 0.3) is 0 Å². The predicted molar refractivity (Wildman–Crippen MR) is 65.6 cm³/mol. The lowest BCUT2D eigenvalue weighted by Gasteiger charge is -2.09. The largest absolute Gasteiger partial charge is 0.477 e. The van der Waals surface area contributed by atoms with Crippen LogP contribution in [0.4, 0.5) is 13.9 Å². The van der Waals surface area contributed by atoms with Crippen molar-refractivity contribution in [3.8, 4) is 17.0 Å².